The van der Waals surface area contributed by atoms with Gasteiger partial charge < -0.3 is 13.9 Å². The van der Waals surface area contributed by atoms with Gasteiger partial charge in [0, 0.05) is 11.1 Å². The molecule has 1 radical (unpaired) electrons. The monoisotopic (exact) mass is 336 g/mol. The minimum absolute atomic E-state index is 0.339. The summed E-state index contributed by atoms with van der Waals surface area (Å²) in [5.74, 6) is 1.91. The number of carbonyl (C=O) groups excluding carboxylic acids is 1. The van der Waals surface area contributed by atoms with E-state index in [2.05, 4.69) is 4.98 Å². The van der Waals surface area contributed by atoms with Crippen molar-refractivity contribution < 1.29 is 18.7 Å². The lowest BCUT2D eigenvalue weighted by Crippen LogP contribution is -1.93. The van der Waals surface area contributed by atoms with Gasteiger partial charge >= 0.3 is 0 Å². The summed E-state index contributed by atoms with van der Waals surface area (Å²) in [6.07, 6.45) is 1.91. The van der Waals surface area contributed by atoms with E-state index in [1.54, 1.807) is 21.1 Å². The highest BCUT2D eigenvalue weighted by molar-refractivity contribution is 5.78. The van der Waals surface area contributed by atoms with Crippen LogP contribution >= 0.6 is 0 Å². The van der Waals surface area contributed by atoms with Gasteiger partial charge in [-0.25, -0.2) is 4.98 Å². The molecule has 5 heteroatoms. The molecule has 1 heterocycles. The topological polar surface area (TPSA) is 61.6 Å². The van der Waals surface area contributed by atoms with Gasteiger partial charge in [0.15, 0.2) is 5.76 Å². The summed E-state index contributed by atoms with van der Waals surface area (Å²) in [6.45, 7) is 1.70. The van der Waals surface area contributed by atoms with Crippen LogP contribution in [0.5, 0.6) is 11.5 Å². The first-order chi connectivity index (χ1) is 12.2. The van der Waals surface area contributed by atoms with E-state index in [4.69, 9.17) is 13.9 Å². The van der Waals surface area contributed by atoms with Gasteiger partial charge in [-0.2, -0.15) is 0 Å². The average molecular weight is 336 g/mol. The summed E-state index contributed by atoms with van der Waals surface area (Å²) in [5, 5.41) is 0. The van der Waals surface area contributed by atoms with Crippen molar-refractivity contribution in [2.45, 2.75) is 12.8 Å². The number of oxazole rings is 1. The molecular formula is C20H18NO4. The summed E-state index contributed by atoms with van der Waals surface area (Å²) in [6, 6.07) is 15.0. The molecule has 1 unspecified atom stereocenters. The normalized spacial score (nSPS) is 11.8. The average Bonchev–Trinajstić information content (AvgIpc) is 3.13. The van der Waals surface area contributed by atoms with Gasteiger partial charge in [-0.05, 0) is 55.5 Å². The molecule has 0 saturated heterocycles. The lowest BCUT2D eigenvalue weighted by molar-refractivity contribution is 0.414. The third-order valence-corrected chi connectivity index (χ3v) is 3.91. The molecule has 5 nitrogen and oxygen atoms in total. The molecule has 1 aromatic heterocycles. The van der Waals surface area contributed by atoms with Gasteiger partial charge in [0.25, 0.3) is 0 Å². The summed E-state index contributed by atoms with van der Waals surface area (Å²) < 4.78 is 16.3. The van der Waals surface area contributed by atoms with Crippen LogP contribution in [0, 0.1) is 0 Å². The predicted molar refractivity (Wildman–Crippen MR) is 94.6 cm³/mol. The molecule has 0 fully saturated rings. The van der Waals surface area contributed by atoms with Crippen LogP contribution in [0.3, 0.4) is 0 Å². The highest BCUT2D eigenvalue weighted by Gasteiger charge is 2.20. The van der Waals surface area contributed by atoms with Crippen molar-refractivity contribution in [1.82, 2.24) is 4.98 Å². The highest BCUT2D eigenvalue weighted by Crippen LogP contribution is 2.35. The first-order valence-electron chi connectivity index (χ1n) is 7.83. The molecule has 0 saturated carbocycles. The van der Waals surface area contributed by atoms with Crippen molar-refractivity contribution in [3.63, 3.8) is 0 Å². The Morgan fingerprint density at radius 1 is 0.920 bits per heavy atom. The van der Waals surface area contributed by atoms with Crippen molar-refractivity contribution in [1.29, 1.82) is 0 Å². The zero-order valence-corrected chi connectivity index (χ0v) is 14.3. The number of rotatable bonds is 6. The number of nitrogens with zero attached hydrogens (tertiary/aromatic N) is 1. The molecule has 0 amide bonds. The van der Waals surface area contributed by atoms with E-state index in [-0.39, 0.29) is 0 Å². The fraction of sp³-hybridized carbons (Fsp3) is 0.200. The second kappa shape index (κ2) is 7.21. The van der Waals surface area contributed by atoms with E-state index >= 15 is 0 Å². The van der Waals surface area contributed by atoms with E-state index in [1.165, 1.54) is 0 Å². The molecule has 0 aliphatic rings. The molecule has 1 atom stereocenters. The lowest BCUT2D eigenvalue weighted by atomic mass is 10.1. The zero-order chi connectivity index (χ0) is 17.8. The fourth-order valence-electron chi connectivity index (χ4n) is 2.45. The Morgan fingerprint density at radius 2 is 1.44 bits per heavy atom. The third-order valence-electron chi connectivity index (χ3n) is 3.91. The second-order valence-corrected chi connectivity index (χ2v) is 5.53. The summed E-state index contributed by atoms with van der Waals surface area (Å²) in [7, 11) is 3.24. The number of hydrogen-bond acceptors (Lipinski definition) is 5. The van der Waals surface area contributed by atoms with Crippen molar-refractivity contribution in [2.75, 3.05) is 14.2 Å². The highest BCUT2D eigenvalue weighted by atomic mass is 16.5. The standard InChI is InChI=1S/C20H18NO4/c1-13(12-22)20-21-18(14-4-8-16(23-2)9-5-14)19(25-20)15-6-10-17(24-3)11-7-15/h4-11,13H,1-3H3. The largest absolute Gasteiger partial charge is 0.497 e. The number of methoxy groups -OCH3 is 2. The number of benzene rings is 2. The van der Waals surface area contributed by atoms with Gasteiger partial charge in [0.2, 0.25) is 12.2 Å². The molecule has 0 N–H and O–H groups in total. The Kier molecular flexibility index (Phi) is 4.84. The molecule has 3 rings (SSSR count). The van der Waals surface area contributed by atoms with Crippen molar-refractivity contribution in [3.8, 4) is 34.1 Å². The molecule has 0 bridgehead atoms. The quantitative estimate of drug-likeness (QED) is 0.674. The summed E-state index contributed by atoms with van der Waals surface area (Å²) in [5.41, 5.74) is 2.40. The summed E-state index contributed by atoms with van der Waals surface area (Å²) >= 11 is 0. The van der Waals surface area contributed by atoms with Crippen molar-refractivity contribution in [3.05, 3.63) is 54.4 Å². The predicted octanol–water partition coefficient (Wildman–Crippen LogP) is 4.24. The maximum Gasteiger partial charge on any atom is 0.211 e. The van der Waals surface area contributed by atoms with Gasteiger partial charge in [0.05, 0.1) is 20.1 Å². The Labute approximate surface area is 146 Å². The van der Waals surface area contributed by atoms with Gasteiger partial charge in [0.1, 0.15) is 17.2 Å². The smallest absolute Gasteiger partial charge is 0.211 e. The molecule has 0 spiro atoms. The molecular weight excluding hydrogens is 318 g/mol. The Hall–Kier alpha value is -3.08. The Bertz CT molecular complexity index is 785. The van der Waals surface area contributed by atoms with Crippen molar-refractivity contribution >= 4 is 6.29 Å². The van der Waals surface area contributed by atoms with E-state index in [9.17, 15) is 4.79 Å². The van der Waals surface area contributed by atoms with Crippen molar-refractivity contribution in [2.24, 2.45) is 0 Å². The zero-order valence-electron chi connectivity index (χ0n) is 14.3. The van der Waals surface area contributed by atoms with E-state index in [1.807, 2.05) is 54.8 Å². The molecule has 2 aromatic carbocycles. The Morgan fingerprint density at radius 3 is 1.92 bits per heavy atom. The van der Waals surface area contributed by atoms with Crippen LogP contribution in [0.4, 0.5) is 0 Å². The van der Waals surface area contributed by atoms with Crippen LogP contribution in [-0.4, -0.2) is 25.5 Å². The summed E-state index contributed by atoms with van der Waals surface area (Å²) in [4.78, 5) is 15.5. The van der Waals surface area contributed by atoms with Crippen LogP contribution < -0.4 is 9.47 Å². The maximum atomic E-state index is 11.0. The van der Waals surface area contributed by atoms with Gasteiger partial charge in [-0.15, -0.1) is 0 Å². The lowest BCUT2D eigenvalue weighted by Gasteiger charge is -2.04. The first-order valence-corrected chi connectivity index (χ1v) is 7.83. The first kappa shape index (κ1) is 16.8. The van der Waals surface area contributed by atoms with Crippen LogP contribution in [0.25, 0.3) is 22.6 Å². The molecule has 0 aliphatic heterocycles. The maximum absolute atomic E-state index is 11.0. The van der Waals surface area contributed by atoms with Crippen LogP contribution in [0.15, 0.2) is 52.9 Å². The molecule has 25 heavy (non-hydrogen) atoms. The molecule has 127 valence electrons. The van der Waals surface area contributed by atoms with E-state index in [0.717, 1.165) is 22.6 Å². The minimum Gasteiger partial charge on any atom is -0.497 e. The van der Waals surface area contributed by atoms with Gasteiger partial charge in [-0.1, -0.05) is 0 Å². The number of ether oxygens (including phenoxy) is 2. The Balaban J connectivity index is 2.10. The van der Waals surface area contributed by atoms with E-state index in [0.29, 0.717) is 17.3 Å². The van der Waals surface area contributed by atoms with Gasteiger partial charge in [-0.3, -0.25) is 4.79 Å². The number of aromatic nitrogens is 1. The van der Waals surface area contributed by atoms with Crippen LogP contribution in [0.2, 0.25) is 0 Å². The third kappa shape index (κ3) is 3.40. The molecule has 0 aliphatic carbocycles. The molecule has 3 aromatic rings. The SMILES string of the molecule is COc1ccc(-c2nc(C(C)[C]=O)oc2-c2ccc(OC)cc2)cc1. The minimum atomic E-state index is -0.538. The number of hydrogen-bond donors (Lipinski definition) is 0. The van der Waals surface area contributed by atoms with Crippen LogP contribution in [0.1, 0.15) is 18.7 Å². The van der Waals surface area contributed by atoms with Crippen LogP contribution in [-0.2, 0) is 4.79 Å². The fourth-order valence-corrected chi connectivity index (χ4v) is 2.45. The van der Waals surface area contributed by atoms with E-state index < -0.39 is 5.92 Å². The second-order valence-electron chi connectivity index (χ2n) is 5.53.